The van der Waals surface area contributed by atoms with Crippen molar-refractivity contribution in [3.05, 3.63) is 11.3 Å². The highest BCUT2D eigenvalue weighted by Crippen LogP contribution is 2.19. The molecule has 2 rings (SSSR count). The van der Waals surface area contributed by atoms with E-state index >= 15 is 0 Å². The second-order valence-corrected chi connectivity index (χ2v) is 4.48. The summed E-state index contributed by atoms with van der Waals surface area (Å²) in [5.74, 6) is 0.0344. The Labute approximate surface area is 99.0 Å². The number of aryl methyl sites for hydroxylation is 2. The fourth-order valence-electron chi connectivity index (χ4n) is 1.94. The lowest BCUT2D eigenvalue weighted by Crippen LogP contribution is -2.63. The Kier molecular flexibility index (Phi) is 2.80. The number of primary amides is 1. The Hall–Kier alpha value is -1.60. The summed E-state index contributed by atoms with van der Waals surface area (Å²) in [5.41, 5.74) is 5.51. The molecular weight excluding hydrogens is 222 g/mol. The summed E-state index contributed by atoms with van der Waals surface area (Å²) in [7, 11) is 1.73. The van der Waals surface area contributed by atoms with Crippen LogP contribution in [-0.2, 0) is 7.05 Å². The Bertz CT molecular complexity index is 450. The second-order valence-electron chi connectivity index (χ2n) is 4.48. The molecule has 0 unspecified atom stereocenters. The molecule has 0 aliphatic carbocycles. The number of nitrogens with one attached hydrogen (secondary N) is 2. The number of aliphatic hydroxyl groups is 1. The average Bonchev–Trinajstić information content (AvgIpc) is 2.47. The van der Waals surface area contributed by atoms with Crippen molar-refractivity contribution in [3.63, 3.8) is 0 Å². The lowest BCUT2D eigenvalue weighted by Gasteiger charge is -2.37. The van der Waals surface area contributed by atoms with Gasteiger partial charge in [0.2, 0.25) is 0 Å². The van der Waals surface area contributed by atoms with Crippen molar-refractivity contribution in [2.24, 2.45) is 12.8 Å². The number of hydrogen-bond acceptors (Lipinski definition) is 5. The van der Waals surface area contributed by atoms with Gasteiger partial charge >= 0.3 is 0 Å². The number of rotatable bonds is 4. The van der Waals surface area contributed by atoms with E-state index in [9.17, 15) is 9.90 Å². The summed E-state index contributed by atoms with van der Waals surface area (Å²) in [4.78, 5) is 11.3. The van der Waals surface area contributed by atoms with E-state index in [1.54, 1.807) is 18.7 Å². The van der Waals surface area contributed by atoms with E-state index in [2.05, 4.69) is 15.7 Å². The van der Waals surface area contributed by atoms with Gasteiger partial charge < -0.3 is 21.5 Å². The van der Waals surface area contributed by atoms with Crippen LogP contribution in [0, 0.1) is 6.92 Å². The molecule has 1 aromatic rings. The SMILES string of the molecule is Cc1nn(C)c(NCC2(O)CNC2)c1C(N)=O. The highest BCUT2D eigenvalue weighted by Gasteiger charge is 2.34. The van der Waals surface area contributed by atoms with Gasteiger partial charge in [-0.2, -0.15) is 5.10 Å². The smallest absolute Gasteiger partial charge is 0.254 e. The minimum Gasteiger partial charge on any atom is -0.385 e. The van der Waals surface area contributed by atoms with Crippen LogP contribution >= 0.6 is 0 Å². The van der Waals surface area contributed by atoms with Crippen molar-refractivity contribution >= 4 is 11.7 Å². The highest BCUT2D eigenvalue weighted by molar-refractivity contribution is 5.98. The molecule has 1 amide bonds. The zero-order valence-electron chi connectivity index (χ0n) is 9.95. The Balaban J connectivity index is 2.17. The van der Waals surface area contributed by atoms with Gasteiger partial charge in [-0.1, -0.05) is 0 Å². The Morgan fingerprint density at radius 1 is 1.71 bits per heavy atom. The molecule has 7 nitrogen and oxygen atoms in total. The molecule has 1 fully saturated rings. The molecule has 1 aliphatic heterocycles. The number of anilines is 1. The third-order valence-corrected chi connectivity index (χ3v) is 2.96. The van der Waals surface area contributed by atoms with Crippen LogP contribution < -0.4 is 16.4 Å². The van der Waals surface area contributed by atoms with E-state index in [0.29, 0.717) is 36.7 Å². The van der Waals surface area contributed by atoms with Crippen molar-refractivity contribution < 1.29 is 9.90 Å². The van der Waals surface area contributed by atoms with E-state index in [0.717, 1.165) is 0 Å². The number of β-amino-alcohol motifs (C(OH)–C–C–N with tert-alkyl or cyclic N) is 1. The van der Waals surface area contributed by atoms with Gasteiger partial charge in [0, 0.05) is 26.7 Å². The number of nitrogens with zero attached hydrogens (tertiary/aromatic N) is 2. The molecule has 2 heterocycles. The fraction of sp³-hybridized carbons (Fsp3) is 0.600. The van der Waals surface area contributed by atoms with Gasteiger partial charge in [0.25, 0.3) is 5.91 Å². The summed E-state index contributed by atoms with van der Waals surface area (Å²) in [6.07, 6.45) is 0. The van der Waals surface area contributed by atoms with E-state index in [-0.39, 0.29) is 0 Å². The Morgan fingerprint density at radius 2 is 2.35 bits per heavy atom. The molecule has 1 aromatic heterocycles. The number of aromatic nitrogens is 2. The van der Waals surface area contributed by atoms with Gasteiger partial charge in [-0.3, -0.25) is 9.48 Å². The molecule has 94 valence electrons. The average molecular weight is 239 g/mol. The first-order valence-corrected chi connectivity index (χ1v) is 5.43. The summed E-state index contributed by atoms with van der Waals surface area (Å²) < 4.78 is 1.56. The van der Waals surface area contributed by atoms with Crippen molar-refractivity contribution in [2.45, 2.75) is 12.5 Å². The number of carbonyl (C=O) groups is 1. The Morgan fingerprint density at radius 3 is 2.82 bits per heavy atom. The third kappa shape index (κ3) is 2.11. The number of carbonyl (C=O) groups excluding carboxylic acids is 1. The maximum Gasteiger partial charge on any atom is 0.254 e. The van der Waals surface area contributed by atoms with E-state index < -0.39 is 11.5 Å². The molecule has 0 aromatic carbocycles. The molecule has 0 saturated carbocycles. The molecule has 0 atom stereocenters. The fourth-order valence-corrected chi connectivity index (χ4v) is 1.94. The molecule has 1 aliphatic rings. The maximum atomic E-state index is 11.3. The van der Waals surface area contributed by atoms with E-state index in [1.807, 2.05) is 0 Å². The number of amides is 1. The first-order chi connectivity index (χ1) is 7.93. The predicted molar refractivity (Wildman–Crippen MR) is 62.8 cm³/mol. The van der Waals surface area contributed by atoms with Crippen molar-refractivity contribution in [1.82, 2.24) is 15.1 Å². The molecule has 0 bridgehead atoms. The zero-order chi connectivity index (χ0) is 12.6. The molecule has 7 heteroatoms. The standard InChI is InChI=1S/C10H17N5O2/c1-6-7(8(11)16)9(15(2)14-6)13-5-10(17)3-12-4-10/h12-13,17H,3-5H2,1-2H3,(H2,11,16). The maximum absolute atomic E-state index is 11.3. The minimum atomic E-state index is -0.757. The van der Waals surface area contributed by atoms with Crippen LogP contribution in [0.5, 0.6) is 0 Å². The summed E-state index contributed by atoms with van der Waals surface area (Å²) >= 11 is 0. The van der Waals surface area contributed by atoms with Crippen LogP contribution in [0.2, 0.25) is 0 Å². The van der Waals surface area contributed by atoms with Crippen LogP contribution in [-0.4, -0.2) is 46.0 Å². The molecule has 5 N–H and O–H groups in total. The van der Waals surface area contributed by atoms with Gasteiger partial charge in [0.15, 0.2) is 0 Å². The zero-order valence-corrected chi connectivity index (χ0v) is 9.95. The van der Waals surface area contributed by atoms with E-state index in [1.165, 1.54) is 0 Å². The van der Waals surface area contributed by atoms with Gasteiger partial charge in [0.1, 0.15) is 17.0 Å². The summed E-state index contributed by atoms with van der Waals surface area (Å²) in [6.45, 7) is 3.18. The van der Waals surface area contributed by atoms with Crippen LogP contribution in [0.25, 0.3) is 0 Å². The third-order valence-electron chi connectivity index (χ3n) is 2.96. The van der Waals surface area contributed by atoms with Gasteiger partial charge in [-0.05, 0) is 6.92 Å². The molecular formula is C10H17N5O2. The normalized spacial score (nSPS) is 17.6. The largest absolute Gasteiger partial charge is 0.385 e. The van der Waals surface area contributed by atoms with Gasteiger partial charge in [0.05, 0.1) is 5.69 Å². The highest BCUT2D eigenvalue weighted by atomic mass is 16.3. The first kappa shape index (κ1) is 11.9. The minimum absolute atomic E-state index is 0.360. The molecule has 17 heavy (non-hydrogen) atoms. The van der Waals surface area contributed by atoms with Crippen LogP contribution in [0.4, 0.5) is 5.82 Å². The predicted octanol–water partition coefficient (Wildman–Crippen LogP) is -1.43. The van der Waals surface area contributed by atoms with Crippen LogP contribution in [0.1, 0.15) is 16.1 Å². The number of hydrogen-bond donors (Lipinski definition) is 4. The van der Waals surface area contributed by atoms with Crippen molar-refractivity contribution in [1.29, 1.82) is 0 Å². The quantitative estimate of drug-likeness (QED) is 0.516. The van der Waals surface area contributed by atoms with Gasteiger partial charge in [-0.15, -0.1) is 0 Å². The van der Waals surface area contributed by atoms with Gasteiger partial charge in [-0.25, -0.2) is 0 Å². The second kappa shape index (κ2) is 4.01. The monoisotopic (exact) mass is 239 g/mol. The topological polar surface area (TPSA) is 105 Å². The summed E-state index contributed by atoms with van der Waals surface area (Å²) in [5, 5.41) is 20.1. The van der Waals surface area contributed by atoms with E-state index in [4.69, 9.17) is 5.73 Å². The van der Waals surface area contributed by atoms with Crippen molar-refractivity contribution in [3.8, 4) is 0 Å². The van der Waals surface area contributed by atoms with Crippen LogP contribution in [0.15, 0.2) is 0 Å². The molecule has 0 radical (unpaired) electrons. The van der Waals surface area contributed by atoms with Crippen LogP contribution in [0.3, 0.4) is 0 Å². The molecule has 1 saturated heterocycles. The first-order valence-electron chi connectivity index (χ1n) is 5.43. The lowest BCUT2D eigenvalue weighted by atomic mass is 9.97. The lowest BCUT2D eigenvalue weighted by molar-refractivity contribution is 0.00299. The number of nitrogens with two attached hydrogens (primary N) is 1. The molecule has 0 spiro atoms. The van der Waals surface area contributed by atoms with Crippen molar-refractivity contribution in [2.75, 3.05) is 25.0 Å². The summed E-state index contributed by atoms with van der Waals surface area (Å²) in [6, 6.07) is 0.